The molecule has 2 aromatic rings. The number of carbonyl (C=O) groups excluding carboxylic acids is 1. The van der Waals surface area contributed by atoms with Crippen LogP contribution in [0.3, 0.4) is 0 Å². The highest BCUT2D eigenvalue weighted by Gasteiger charge is 2.13. The van der Waals surface area contributed by atoms with E-state index in [0.717, 1.165) is 49.6 Å². The monoisotopic (exact) mass is 535 g/mol. The van der Waals surface area contributed by atoms with Gasteiger partial charge in [0.15, 0.2) is 5.96 Å². The molecule has 1 aliphatic heterocycles. The number of hydrogen-bond acceptors (Lipinski definition) is 3. The average molecular weight is 535 g/mol. The van der Waals surface area contributed by atoms with Crippen molar-refractivity contribution >= 4 is 41.5 Å². The molecule has 0 aliphatic carbocycles. The van der Waals surface area contributed by atoms with Crippen LogP contribution in [0.1, 0.15) is 33.5 Å². The van der Waals surface area contributed by atoms with Crippen LogP contribution in [0.15, 0.2) is 47.5 Å². The predicted octanol–water partition coefficient (Wildman–Crippen LogP) is 3.30. The van der Waals surface area contributed by atoms with Gasteiger partial charge in [-0.25, -0.2) is 0 Å². The van der Waals surface area contributed by atoms with E-state index in [2.05, 4.69) is 51.8 Å². The Kier molecular flexibility index (Phi) is 9.61. The van der Waals surface area contributed by atoms with Gasteiger partial charge in [-0.05, 0) is 54.2 Å². The fourth-order valence-corrected chi connectivity index (χ4v) is 3.80. The third-order valence-corrected chi connectivity index (χ3v) is 5.46. The van der Waals surface area contributed by atoms with Crippen molar-refractivity contribution in [2.45, 2.75) is 25.8 Å². The number of fused-ring (bicyclic) bond motifs is 1. The number of aryl methyl sites for hydroxylation is 1. The average Bonchev–Trinajstić information content (AvgIpc) is 2.75. The van der Waals surface area contributed by atoms with Crippen LogP contribution in [0.25, 0.3) is 0 Å². The van der Waals surface area contributed by atoms with Crippen molar-refractivity contribution in [3.63, 3.8) is 0 Å². The number of guanidine groups is 1. The summed E-state index contributed by atoms with van der Waals surface area (Å²) in [6.45, 7) is 2.62. The van der Waals surface area contributed by atoms with Gasteiger partial charge >= 0.3 is 0 Å². The molecule has 0 fully saturated rings. The molecule has 0 bridgehead atoms. The van der Waals surface area contributed by atoms with Crippen LogP contribution in [0, 0.1) is 0 Å². The first-order chi connectivity index (χ1) is 14.5. The molecular formula is C24H34IN5O. The minimum absolute atomic E-state index is 0. The van der Waals surface area contributed by atoms with Gasteiger partial charge in [-0.2, -0.15) is 0 Å². The number of hydrogen-bond donors (Lipinski definition) is 2. The van der Waals surface area contributed by atoms with Gasteiger partial charge in [0, 0.05) is 59.1 Å². The van der Waals surface area contributed by atoms with E-state index < -0.39 is 0 Å². The highest BCUT2D eigenvalue weighted by Crippen LogP contribution is 2.26. The standard InChI is InChI=1S/C24H33N5O.HI/c1-25-24(26-13-12-18-7-5-8-21(15-18)23(30)28(2)3)27-17-19-10-11-22-20(16-19)9-6-14-29(22)4;/h5,7-8,10-11,15-16H,6,9,12-14,17H2,1-4H3,(H2,25,26,27);1H. The Bertz CT molecular complexity index is 913. The third-order valence-electron chi connectivity index (χ3n) is 5.46. The van der Waals surface area contributed by atoms with E-state index in [1.165, 1.54) is 23.2 Å². The Balaban J connectivity index is 0.00000341. The number of amides is 1. The van der Waals surface area contributed by atoms with Crippen molar-refractivity contribution in [3.05, 3.63) is 64.7 Å². The quantitative estimate of drug-likeness (QED) is 0.339. The van der Waals surface area contributed by atoms with Crippen LogP contribution in [0.4, 0.5) is 5.69 Å². The number of benzene rings is 2. The molecule has 1 aliphatic rings. The third kappa shape index (κ3) is 6.85. The number of nitrogens with zero attached hydrogens (tertiary/aromatic N) is 3. The number of halogens is 1. The fourth-order valence-electron chi connectivity index (χ4n) is 3.80. The van der Waals surface area contributed by atoms with Crippen LogP contribution in [-0.2, 0) is 19.4 Å². The lowest BCUT2D eigenvalue weighted by molar-refractivity contribution is 0.0827. The lowest BCUT2D eigenvalue weighted by Crippen LogP contribution is -2.38. The molecule has 0 saturated heterocycles. The summed E-state index contributed by atoms with van der Waals surface area (Å²) < 4.78 is 0. The molecule has 2 N–H and O–H groups in total. The van der Waals surface area contributed by atoms with Crippen LogP contribution in [-0.4, -0.2) is 58.0 Å². The van der Waals surface area contributed by atoms with E-state index in [0.29, 0.717) is 0 Å². The zero-order valence-electron chi connectivity index (χ0n) is 18.9. The van der Waals surface area contributed by atoms with E-state index >= 15 is 0 Å². The summed E-state index contributed by atoms with van der Waals surface area (Å²) in [6, 6.07) is 14.5. The smallest absolute Gasteiger partial charge is 0.253 e. The van der Waals surface area contributed by atoms with Crippen molar-refractivity contribution in [2.24, 2.45) is 4.99 Å². The fraction of sp³-hybridized carbons (Fsp3) is 0.417. The van der Waals surface area contributed by atoms with Gasteiger partial charge in [-0.3, -0.25) is 9.79 Å². The molecule has 0 spiro atoms. The SMILES string of the molecule is CN=C(NCCc1cccc(C(=O)N(C)C)c1)NCc1ccc2c(c1)CCCN2C.I. The Morgan fingerprint density at radius 3 is 2.68 bits per heavy atom. The Morgan fingerprint density at radius 1 is 1.13 bits per heavy atom. The van der Waals surface area contributed by atoms with Crippen molar-refractivity contribution in [1.29, 1.82) is 0 Å². The zero-order chi connectivity index (χ0) is 21.5. The Hall–Kier alpha value is -2.29. The van der Waals surface area contributed by atoms with Gasteiger partial charge in [0.1, 0.15) is 0 Å². The Morgan fingerprint density at radius 2 is 1.94 bits per heavy atom. The largest absolute Gasteiger partial charge is 0.374 e. The number of nitrogens with one attached hydrogen (secondary N) is 2. The van der Waals surface area contributed by atoms with E-state index in [4.69, 9.17) is 0 Å². The maximum atomic E-state index is 12.1. The van der Waals surface area contributed by atoms with Crippen molar-refractivity contribution in [2.75, 3.05) is 46.2 Å². The van der Waals surface area contributed by atoms with E-state index in [9.17, 15) is 4.79 Å². The molecule has 0 saturated carbocycles. The summed E-state index contributed by atoms with van der Waals surface area (Å²) in [6.07, 6.45) is 3.18. The Labute approximate surface area is 203 Å². The summed E-state index contributed by atoms with van der Waals surface area (Å²) in [7, 11) is 7.49. The van der Waals surface area contributed by atoms with Crippen molar-refractivity contribution in [3.8, 4) is 0 Å². The van der Waals surface area contributed by atoms with Gasteiger partial charge in [-0.1, -0.05) is 24.3 Å². The molecule has 7 heteroatoms. The summed E-state index contributed by atoms with van der Waals surface area (Å²) in [5.41, 5.74) is 5.89. The molecule has 0 unspecified atom stereocenters. The van der Waals surface area contributed by atoms with E-state index in [1.54, 1.807) is 26.0 Å². The maximum absolute atomic E-state index is 12.1. The molecular weight excluding hydrogens is 501 g/mol. The molecule has 1 amide bonds. The van der Waals surface area contributed by atoms with Gasteiger partial charge in [0.2, 0.25) is 0 Å². The summed E-state index contributed by atoms with van der Waals surface area (Å²) in [4.78, 5) is 20.4. The molecule has 168 valence electrons. The van der Waals surface area contributed by atoms with Crippen molar-refractivity contribution in [1.82, 2.24) is 15.5 Å². The van der Waals surface area contributed by atoms with Gasteiger partial charge in [0.25, 0.3) is 5.91 Å². The summed E-state index contributed by atoms with van der Waals surface area (Å²) >= 11 is 0. The van der Waals surface area contributed by atoms with Crippen LogP contribution in [0.5, 0.6) is 0 Å². The molecule has 2 aromatic carbocycles. The number of anilines is 1. The highest BCUT2D eigenvalue weighted by molar-refractivity contribution is 14.0. The number of aliphatic imine (C=N–C) groups is 1. The van der Waals surface area contributed by atoms with Gasteiger partial charge in [0.05, 0.1) is 0 Å². The summed E-state index contributed by atoms with van der Waals surface area (Å²) in [5.74, 6) is 0.809. The maximum Gasteiger partial charge on any atom is 0.253 e. The van der Waals surface area contributed by atoms with E-state index in [-0.39, 0.29) is 29.9 Å². The minimum Gasteiger partial charge on any atom is -0.374 e. The highest BCUT2D eigenvalue weighted by atomic mass is 127. The lowest BCUT2D eigenvalue weighted by Gasteiger charge is -2.28. The summed E-state index contributed by atoms with van der Waals surface area (Å²) in [5, 5.41) is 6.76. The van der Waals surface area contributed by atoms with Crippen LogP contribution in [0.2, 0.25) is 0 Å². The lowest BCUT2D eigenvalue weighted by atomic mass is 9.99. The topological polar surface area (TPSA) is 60.0 Å². The first-order valence-electron chi connectivity index (χ1n) is 10.6. The molecule has 3 rings (SSSR count). The zero-order valence-corrected chi connectivity index (χ0v) is 21.3. The van der Waals surface area contributed by atoms with Gasteiger partial charge in [-0.15, -0.1) is 24.0 Å². The second kappa shape index (κ2) is 11.9. The predicted molar refractivity (Wildman–Crippen MR) is 140 cm³/mol. The first kappa shape index (κ1) is 25.0. The second-order valence-electron chi connectivity index (χ2n) is 7.99. The van der Waals surface area contributed by atoms with Crippen LogP contribution < -0.4 is 15.5 Å². The number of carbonyl (C=O) groups is 1. The molecule has 31 heavy (non-hydrogen) atoms. The first-order valence-corrected chi connectivity index (χ1v) is 10.6. The number of rotatable bonds is 6. The molecule has 1 heterocycles. The van der Waals surface area contributed by atoms with E-state index in [1.807, 2.05) is 18.2 Å². The van der Waals surface area contributed by atoms with Crippen LogP contribution >= 0.6 is 24.0 Å². The second-order valence-corrected chi connectivity index (χ2v) is 7.99. The molecule has 0 aromatic heterocycles. The minimum atomic E-state index is 0. The van der Waals surface area contributed by atoms with Crippen molar-refractivity contribution < 1.29 is 4.79 Å². The van der Waals surface area contributed by atoms with Gasteiger partial charge < -0.3 is 20.4 Å². The molecule has 6 nitrogen and oxygen atoms in total. The molecule has 0 radical (unpaired) electrons. The normalized spacial score (nSPS) is 13.2. The molecule has 0 atom stereocenters.